The molecule has 0 fully saturated rings. The summed E-state index contributed by atoms with van der Waals surface area (Å²) in [7, 11) is -0.203. The van der Waals surface area contributed by atoms with Gasteiger partial charge in [-0.05, 0) is 24.8 Å². The van der Waals surface area contributed by atoms with E-state index in [1.807, 2.05) is 18.2 Å². The third kappa shape index (κ3) is 5.62. The molecule has 0 atom stereocenters. The summed E-state index contributed by atoms with van der Waals surface area (Å²) in [5.74, 6) is 0. The summed E-state index contributed by atoms with van der Waals surface area (Å²) in [5, 5.41) is 0. The van der Waals surface area contributed by atoms with E-state index in [-0.39, 0.29) is 0 Å². The minimum atomic E-state index is -3.25. The Balaban J connectivity index is 2.10. The molecule has 1 aromatic rings. The van der Waals surface area contributed by atoms with Crippen LogP contribution in [0.1, 0.15) is 24.8 Å². The lowest BCUT2D eigenvalue weighted by Crippen LogP contribution is -2.36. The van der Waals surface area contributed by atoms with E-state index in [4.69, 9.17) is 0 Å². The van der Waals surface area contributed by atoms with Gasteiger partial charge in [-0.2, -0.15) is 12.7 Å². The van der Waals surface area contributed by atoms with Crippen LogP contribution in [0.2, 0.25) is 0 Å². The normalized spacial score (nSPS) is 11.9. The van der Waals surface area contributed by atoms with E-state index in [2.05, 4.69) is 16.9 Å². The van der Waals surface area contributed by atoms with Crippen molar-refractivity contribution in [3.63, 3.8) is 0 Å². The Labute approximate surface area is 110 Å². The van der Waals surface area contributed by atoms with Crippen molar-refractivity contribution < 1.29 is 8.42 Å². The molecule has 1 rings (SSSR count). The summed E-state index contributed by atoms with van der Waals surface area (Å²) < 4.78 is 26.5. The van der Waals surface area contributed by atoms with Gasteiger partial charge >= 0.3 is 0 Å². The zero-order valence-electron chi connectivity index (χ0n) is 11.1. The average molecular weight is 270 g/mol. The first-order chi connectivity index (χ1) is 8.52. The highest BCUT2D eigenvalue weighted by molar-refractivity contribution is 7.87. The van der Waals surface area contributed by atoms with E-state index >= 15 is 0 Å². The van der Waals surface area contributed by atoms with Crippen molar-refractivity contribution in [2.45, 2.75) is 25.7 Å². The highest BCUT2D eigenvalue weighted by Gasteiger charge is 2.10. The molecule has 102 valence electrons. The first kappa shape index (κ1) is 15.1. The van der Waals surface area contributed by atoms with E-state index in [1.165, 1.54) is 24.0 Å². The van der Waals surface area contributed by atoms with Gasteiger partial charge in [-0.25, -0.2) is 4.72 Å². The summed E-state index contributed by atoms with van der Waals surface area (Å²) in [4.78, 5) is 0. The molecule has 0 heterocycles. The average Bonchev–Trinajstić information content (AvgIpc) is 2.34. The van der Waals surface area contributed by atoms with Gasteiger partial charge in [0.05, 0.1) is 0 Å². The van der Waals surface area contributed by atoms with Gasteiger partial charge in [0.25, 0.3) is 10.2 Å². The molecule has 0 amide bonds. The van der Waals surface area contributed by atoms with Gasteiger partial charge in [0, 0.05) is 20.6 Å². The number of hydrogen-bond acceptors (Lipinski definition) is 2. The maximum Gasteiger partial charge on any atom is 0.278 e. The van der Waals surface area contributed by atoms with Crippen LogP contribution in [0.3, 0.4) is 0 Å². The van der Waals surface area contributed by atoms with E-state index in [0.29, 0.717) is 6.54 Å². The molecule has 0 saturated heterocycles. The molecule has 5 heteroatoms. The predicted molar refractivity (Wildman–Crippen MR) is 74.6 cm³/mol. The summed E-state index contributed by atoms with van der Waals surface area (Å²) >= 11 is 0. The second-order valence-corrected chi connectivity index (χ2v) is 6.45. The lowest BCUT2D eigenvalue weighted by Gasteiger charge is -2.11. The molecule has 0 spiro atoms. The van der Waals surface area contributed by atoms with Crippen LogP contribution in [0, 0.1) is 0 Å². The van der Waals surface area contributed by atoms with Gasteiger partial charge < -0.3 is 0 Å². The Morgan fingerprint density at radius 2 is 1.72 bits per heavy atom. The zero-order valence-corrected chi connectivity index (χ0v) is 11.9. The van der Waals surface area contributed by atoms with Crippen LogP contribution in [-0.2, 0) is 16.6 Å². The minimum Gasteiger partial charge on any atom is -0.202 e. The first-order valence-electron chi connectivity index (χ1n) is 6.23. The third-order valence-corrected chi connectivity index (χ3v) is 4.28. The molecule has 0 aliphatic rings. The van der Waals surface area contributed by atoms with E-state index in [0.717, 1.165) is 25.7 Å². The summed E-state index contributed by atoms with van der Waals surface area (Å²) in [6.07, 6.45) is 4.06. The molecule has 0 aromatic heterocycles. The lowest BCUT2D eigenvalue weighted by molar-refractivity contribution is 0.502. The molecule has 0 radical (unpaired) electrons. The Morgan fingerprint density at radius 3 is 2.33 bits per heavy atom. The topological polar surface area (TPSA) is 49.4 Å². The van der Waals surface area contributed by atoms with Crippen LogP contribution < -0.4 is 4.72 Å². The molecule has 0 bridgehead atoms. The monoisotopic (exact) mass is 270 g/mol. The predicted octanol–water partition coefficient (Wildman–Crippen LogP) is 1.80. The largest absolute Gasteiger partial charge is 0.278 e. The molecule has 4 nitrogen and oxygen atoms in total. The van der Waals surface area contributed by atoms with Crippen LogP contribution in [-0.4, -0.2) is 33.4 Å². The number of benzene rings is 1. The molecule has 1 N–H and O–H groups in total. The Kier molecular flexibility index (Phi) is 6.32. The smallest absolute Gasteiger partial charge is 0.202 e. The maximum atomic E-state index is 11.4. The van der Waals surface area contributed by atoms with Crippen LogP contribution in [0.5, 0.6) is 0 Å². The maximum absolute atomic E-state index is 11.4. The van der Waals surface area contributed by atoms with Gasteiger partial charge in [-0.1, -0.05) is 36.8 Å². The number of nitrogens with zero attached hydrogens (tertiary/aromatic N) is 1. The second kappa shape index (κ2) is 7.51. The van der Waals surface area contributed by atoms with Crippen molar-refractivity contribution >= 4 is 10.2 Å². The highest BCUT2D eigenvalue weighted by Crippen LogP contribution is 2.05. The van der Waals surface area contributed by atoms with Crippen molar-refractivity contribution in [2.75, 3.05) is 20.6 Å². The molecule has 0 aliphatic heterocycles. The molecule has 18 heavy (non-hydrogen) atoms. The fraction of sp³-hybridized carbons (Fsp3) is 0.538. The molecule has 0 aliphatic carbocycles. The van der Waals surface area contributed by atoms with Gasteiger partial charge in [-0.3, -0.25) is 0 Å². The zero-order chi connectivity index (χ0) is 13.4. The van der Waals surface area contributed by atoms with Crippen molar-refractivity contribution in [3.8, 4) is 0 Å². The molecule has 1 aromatic carbocycles. The first-order valence-corrected chi connectivity index (χ1v) is 7.67. The van der Waals surface area contributed by atoms with Crippen LogP contribution in [0.25, 0.3) is 0 Å². The Hall–Kier alpha value is -0.910. The van der Waals surface area contributed by atoms with Crippen LogP contribution >= 0.6 is 0 Å². The molecule has 0 unspecified atom stereocenters. The van der Waals surface area contributed by atoms with Crippen molar-refractivity contribution in [1.82, 2.24) is 9.03 Å². The fourth-order valence-corrected chi connectivity index (χ4v) is 2.27. The van der Waals surface area contributed by atoms with Crippen molar-refractivity contribution in [1.29, 1.82) is 0 Å². The summed E-state index contributed by atoms with van der Waals surface area (Å²) in [5.41, 5.74) is 1.34. The van der Waals surface area contributed by atoms with Gasteiger partial charge in [-0.15, -0.1) is 0 Å². The fourth-order valence-electron chi connectivity index (χ4n) is 1.61. The SMILES string of the molecule is CN(C)S(=O)(=O)NCCCCCc1ccccc1. The number of nitrogens with one attached hydrogen (secondary N) is 1. The number of unbranched alkanes of at least 4 members (excludes halogenated alkanes) is 2. The highest BCUT2D eigenvalue weighted by atomic mass is 32.2. The molecular weight excluding hydrogens is 248 g/mol. The van der Waals surface area contributed by atoms with E-state index in [9.17, 15) is 8.42 Å². The standard InChI is InChI=1S/C13H22N2O2S/c1-15(2)18(16,17)14-12-8-4-7-11-13-9-5-3-6-10-13/h3,5-6,9-10,14H,4,7-8,11-12H2,1-2H3. The Morgan fingerprint density at radius 1 is 1.06 bits per heavy atom. The molecule has 0 saturated carbocycles. The van der Waals surface area contributed by atoms with Crippen LogP contribution in [0.4, 0.5) is 0 Å². The van der Waals surface area contributed by atoms with Crippen molar-refractivity contribution in [2.24, 2.45) is 0 Å². The third-order valence-electron chi connectivity index (χ3n) is 2.75. The quantitative estimate of drug-likeness (QED) is 0.732. The van der Waals surface area contributed by atoms with E-state index in [1.54, 1.807) is 0 Å². The summed E-state index contributed by atoms with van der Waals surface area (Å²) in [6, 6.07) is 10.3. The number of aryl methyl sites for hydroxylation is 1. The van der Waals surface area contributed by atoms with E-state index < -0.39 is 10.2 Å². The van der Waals surface area contributed by atoms with Gasteiger partial charge in [0.15, 0.2) is 0 Å². The number of rotatable bonds is 8. The van der Waals surface area contributed by atoms with Gasteiger partial charge in [0.1, 0.15) is 0 Å². The minimum absolute atomic E-state index is 0.509. The molecular formula is C13H22N2O2S. The van der Waals surface area contributed by atoms with Gasteiger partial charge in [0.2, 0.25) is 0 Å². The number of hydrogen-bond donors (Lipinski definition) is 1. The summed E-state index contributed by atoms with van der Waals surface area (Å²) in [6.45, 7) is 0.509. The Bertz CT molecular complexity index is 430. The second-order valence-electron chi connectivity index (χ2n) is 4.48. The van der Waals surface area contributed by atoms with Crippen molar-refractivity contribution in [3.05, 3.63) is 35.9 Å². The lowest BCUT2D eigenvalue weighted by atomic mass is 10.1. The van der Waals surface area contributed by atoms with Crippen LogP contribution in [0.15, 0.2) is 30.3 Å².